The summed E-state index contributed by atoms with van der Waals surface area (Å²) < 4.78 is 0. The molecule has 0 saturated carbocycles. The fourth-order valence-corrected chi connectivity index (χ4v) is 0.757. The molecule has 0 radical (unpaired) electrons. The Morgan fingerprint density at radius 1 is 1.64 bits per heavy atom. The second-order valence-electron chi connectivity index (χ2n) is 1.99. The molecule has 0 bridgehead atoms. The van der Waals surface area contributed by atoms with E-state index in [0.29, 0.717) is 10.7 Å². The summed E-state index contributed by atoms with van der Waals surface area (Å²) in [5, 5.41) is 0.513. The lowest BCUT2D eigenvalue weighted by molar-refractivity contribution is 0.0996. The van der Waals surface area contributed by atoms with Gasteiger partial charge in [0.05, 0.1) is 11.6 Å². The van der Waals surface area contributed by atoms with Crippen molar-refractivity contribution in [3.63, 3.8) is 0 Å². The molecule has 0 aliphatic heterocycles. The standard InChI is InChI=1S/C7H7ClN2O/c8-5-1-2-6(10-4-5)7(11)3-9/h1-2,4H,3,9H2. The smallest absolute Gasteiger partial charge is 0.194 e. The van der Waals surface area contributed by atoms with Crippen LogP contribution >= 0.6 is 11.6 Å². The molecule has 0 atom stereocenters. The Balaban J connectivity index is 2.90. The normalized spacial score (nSPS) is 9.64. The van der Waals surface area contributed by atoms with Gasteiger partial charge in [-0.1, -0.05) is 11.6 Å². The van der Waals surface area contributed by atoms with E-state index in [4.69, 9.17) is 17.3 Å². The highest BCUT2D eigenvalue weighted by Crippen LogP contribution is 2.05. The molecule has 0 amide bonds. The van der Waals surface area contributed by atoms with E-state index < -0.39 is 0 Å². The summed E-state index contributed by atoms with van der Waals surface area (Å²) in [6, 6.07) is 3.16. The summed E-state index contributed by atoms with van der Waals surface area (Å²) in [5.41, 5.74) is 5.48. The van der Waals surface area contributed by atoms with Gasteiger partial charge in [0.1, 0.15) is 5.69 Å². The van der Waals surface area contributed by atoms with E-state index in [-0.39, 0.29) is 12.3 Å². The van der Waals surface area contributed by atoms with Crippen LogP contribution in [0.25, 0.3) is 0 Å². The van der Waals surface area contributed by atoms with Crippen molar-refractivity contribution in [1.29, 1.82) is 0 Å². The highest BCUT2D eigenvalue weighted by molar-refractivity contribution is 6.30. The van der Waals surface area contributed by atoms with Crippen molar-refractivity contribution in [2.24, 2.45) is 5.73 Å². The number of hydrogen-bond acceptors (Lipinski definition) is 3. The largest absolute Gasteiger partial charge is 0.324 e. The Labute approximate surface area is 69.2 Å². The number of Topliss-reactive ketones (excluding diaryl/α,β-unsaturated/α-hetero) is 1. The highest BCUT2D eigenvalue weighted by atomic mass is 35.5. The zero-order chi connectivity index (χ0) is 8.27. The Morgan fingerprint density at radius 3 is 2.82 bits per heavy atom. The first kappa shape index (κ1) is 8.17. The lowest BCUT2D eigenvalue weighted by Crippen LogP contribution is -2.14. The molecule has 0 aromatic carbocycles. The third-order valence-corrected chi connectivity index (χ3v) is 1.42. The van der Waals surface area contributed by atoms with Crippen LogP contribution in [0.2, 0.25) is 5.02 Å². The lowest BCUT2D eigenvalue weighted by atomic mass is 10.2. The van der Waals surface area contributed by atoms with Crippen LogP contribution in [0, 0.1) is 0 Å². The van der Waals surface area contributed by atoms with E-state index in [1.807, 2.05) is 0 Å². The van der Waals surface area contributed by atoms with Gasteiger partial charge >= 0.3 is 0 Å². The van der Waals surface area contributed by atoms with E-state index in [1.165, 1.54) is 6.20 Å². The molecule has 1 aromatic heterocycles. The first-order valence-corrected chi connectivity index (χ1v) is 3.46. The van der Waals surface area contributed by atoms with E-state index in [2.05, 4.69) is 4.98 Å². The van der Waals surface area contributed by atoms with Crippen LogP contribution in [0.15, 0.2) is 18.3 Å². The molecule has 1 rings (SSSR count). The first-order chi connectivity index (χ1) is 5.24. The fourth-order valence-electron chi connectivity index (χ4n) is 0.645. The minimum Gasteiger partial charge on any atom is -0.324 e. The van der Waals surface area contributed by atoms with Crippen molar-refractivity contribution < 1.29 is 4.79 Å². The maximum absolute atomic E-state index is 10.9. The van der Waals surface area contributed by atoms with Crippen LogP contribution in [0.3, 0.4) is 0 Å². The van der Waals surface area contributed by atoms with Crippen LogP contribution in [0.5, 0.6) is 0 Å². The maximum atomic E-state index is 10.9. The molecule has 1 heterocycles. The van der Waals surface area contributed by atoms with Crippen molar-refractivity contribution in [2.45, 2.75) is 0 Å². The van der Waals surface area contributed by atoms with Crippen molar-refractivity contribution in [3.05, 3.63) is 29.0 Å². The molecule has 3 nitrogen and oxygen atoms in total. The second-order valence-corrected chi connectivity index (χ2v) is 2.43. The topological polar surface area (TPSA) is 56.0 Å². The maximum Gasteiger partial charge on any atom is 0.194 e. The van der Waals surface area contributed by atoms with Gasteiger partial charge in [-0.15, -0.1) is 0 Å². The molecular formula is C7H7ClN2O. The Morgan fingerprint density at radius 2 is 2.36 bits per heavy atom. The summed E-state index contributed by atoms with van der Waals surface area (Å²) in [6.07, 6.45) is 1.42. The second kappa shape index (κ2) is 3.46. The minimum absolute atomic E-state index is 0.0192. The molecular weight excluding hydrogens is 164 g/mol. The molecule has 2 N–H and O–H groups in total. The molecule has 0 aliphatic rings. The number of halogens is 1. The summed E-state index contributed by atoms with van der Waals surface area (Å²) >= 11 is 5.55. The number of nitrogens with two attached hydrogens (primary N) is 1. The van der Waals surface area contributed by atoms with Gasteiger partial charge in [0.25, 0.3) is 0 Å². The number of aromatic nitrogens is 1. The fraction of sp³-hybridized carbons (Fsp3) is 0.143. The molecule has 4 heteroatoms. The van der Waals surface area contributed by atoms with Crippen molar-refractivity contribution in [1.82, 2.24) is 4.98 Å². The average molecular weight is 171 g/mol. The van der Waals surface area contributed by atoms with Crippen LogP contribution in [0.1, 0.15) is 10.5 Å². The number of hydrogen-bond donors (Lipinski definition) is 1. The predicted octanol–water partition coefficient (Wildman–Crippen LogP) is 0.876. The third kappa shape index (κ3) is 2.00. The molecule has 1 aromatic rings. The third-order valence-electron chi connectivity index (χ3n) is 1.20. The van der Waals surface area contributed by atoms with E-state index >= 15 is 0 Å². The summed E-state index contributed by atoms with van der Waals surface area (Å²) in [6.45, 7) is -0.0192. The number of nitrogens with zero attached hydrogens (tertiary/aromatic N) is 1. The average Bonchev–Trinajstić information content (AvgIpc) is 2.05. The van der Waals surface area contributed by atoms with Gasteiger partial charge in [-0.3, -0.25) is 9.78 Å². The predicted molar refractivity (Wildman–Crippen MR) is 42.6 cm³/mol. The highest BCUT2D eigenvalue weighted by Gasteiger charge is 2.02. The van der Waals surface area contributed by atoms with E-state index in [0.717, 1.165) is 0 Å². The van der Waals surface area contributed by atoms with Crippen molar-refractivity contribution in [3.8, 4) is 0 Å². The molecule has 11 heavy (non-hydrogen) atoms. The van der Waals surface area contributed by atoms with Gasteiger partial charge in [-0.25, -0.2) is 0 Å². The van der Waals surface area contributed by atoms with Crippen LogP contribution in [-0.4, -0.2) is 17.3 Å². The summed E-state index contributed by atoms with van der Waals surface area (Å²) in [5.74, 6) is -0.179. The number of carbonyl (C=O) groups excluding carboxylic acids is 1. The Kier molecular flexibility index (Phi) is 2.57. The summed E-state index contributed by atoms with van der Waals surface area (Å²) in [7, 11) is 0. The zero-order valence-electron chi connectivity index (χ0n) is 5.75. The monoisotopic (exact) mass is 170 g/mol. The van der Waals surface area contributed by atoms with Gasteiger partial charge in [-0.05, 0) is 12.1 Å². The number of pyridine rings is 1. The number of rotatable bonds is 2. The van der Waals surface area contributed by atoms with Gasteiger partial charge in [0.15, 0.2) is 5.78 Å². The molecule has 0 unspecified atom stereocenters. The molecule has 58 valence electrons. The zero-order valence-corrected chi connectivity index (χ0v) is 6.51. The van der Waals surface area contributed by atoms with Gasteiger partial charge in [0, 0.05) is 6.20 Å². The molecule has 0 aliphatic carbocycles. The SMILES string of the molecule is NCC(=O)c1ccc(Cl)cn1. The summed E-state index contributed by atoms with van der Waals surface area (Å²) in [4.78, 5) is 14.7. The first-order valence-electron chi connectivity index (χ1n) is 3.09. The van der Waals surface area contributed by atoms with E-state index in [9.17, 15) is 4.79 Å². The molecule has 0 fully saturated rings. The molecule has 0 spiro atoms. The number of ketones is 1. The minimum atomic E-state index is -0.179. The Bertz CT molecular complexity index is 258. The van der Waals surface area contributed by atoms with Gasteiger partial charge < -0.3 is 5.73 Å². The molecule has 0 saturated heterocycles. The van der Waals surface area contributed by atoms with Crippen molar-refractivity contribution >= 4 is 17.4 Å². The van der Waals surface area contributed by atoms with Crippen LogP contribution < -0.4 is 5.73 Å². The van der Waals surface area contributed by atoms with E-state index in [1.54, 1.807) is 12.1 Å². The quantitative estimate of drug-likeness (QED) is 0.671. The Hall–Kier alpha value is -0.930. The van der Waals surface area contributed by atoms with Crippen LogP contribution in [-0.2, 0) is 0 Å². The lowest BCUT2D eigenvalue weighted by Gasteiger charge is -1.94. The van der Waals surface area contributed by atoms with Crippen LogP contribution in [0.4, 0.5) is 0 Å². The van der Waals surface area contributed by atoms with Gasteiger partial charge in [0.2, 0.25) is 0 Å². The number of carbonyl (C=O) groups is 1. The van der Waals surface area contributed by atoms with Gasteiger partial charge in [-0.2, -0.15) is 0 Å². The van der Waals surface area contributed by atoms with Crippen molar-refractivity contribution in [2.75, 3.05) is 6.54 Å².